The number of nitrogens with zero attached hydrogens (tertiary/aromatic N) is 5. The number of hydrogen-bond donors (Lipinski definition) is 2. The molecule has 0 unspecified atom stereocenters. The molecule has 0 aromatic carbocycles. The fourth-order valence-electron chi connectivity index (χ4n) is 2.95. The number of carbonyl (C=O) groups excluding carboxylic acids is 2. The number of hydrazine groups is 1. The van der Waals surface area contributed by atoms with E-state index in [0.29, 0.717) is 43.6 Å². The summed E-state index contributed by atoms with van der Waals surface area (Å²) in [5.41, 5.74) is 0. The van der Waals surface area contributed by atoms with Crippen LogP contribution in [0.25, 0.3) is 0 Å². The average molecular weight is 380 g/mol. The van der Waals surface area contributed by atoms with E-state index in [2.05, 4.69) is 16.9 Å². The van der Waals surface area contributed by atoms with Crippen LogP contribution in [-0.4, -0.2) is 65.4 Å². The molecule has 0 radical (unpaired) electrons. The normalized spacial score (nSPS) is 15.3. The van der Waals surface area contributed by atoms with Crippen molar-refractivity contribution in [2.45, 2.75) is 32.6 Å². The first-order valence-electron chi connectivity index (χ1n) is 9.21. The number of aromatic nitrogens is 2. The minimum Gasteiger partial charge on any atom is -0.378 e. The second-order valence-electron chi connectivity index (χ2n) is 6.46. The number of rotatable bonds is 10. The molecule has 1 fully saturated rings. The number of nitrogens with two attached hydrogens (primary N) is 1. The van der Waals surface area contributed by atoms with Gasteiger partial charge < -0.3 is 9.64 Å². The molecule has 1 aliphatic heterocycles. The van der Waals surface area contributed by atoms with Gasteiger partial charge in [0.2, 0.25) is 12.3 Å². The fraction of sp³-hybridized carbons (Fsp3) is 0.647. The monoisotopic (exact) mass is 380 g/mol. The van der Waals surface area contributed by atoms with Crippen molar-refractivity contribution in [3.05, 3.63) is 12.4 Å². The summed E-state index contributed by atoms with van der Waals surface area (Å²) in [4.78, 5) is 33.9. The molecule has 2 heterocycles. The van der Waals surface area contributed by atoms with Gasteiger partial charge in [-0.1, -0.05) is 26.2 Å². The summed E-state index contributed by atoms with van der Waals surface area (Å²) in [5.74, 6) is 5.95. The van der Waals surface area contributed by atoms with E-state index in [1.54, 1.807) is 6.07 Å². The van der Waals surface area contributed by atoms with Gasteiger partial charge in [-0.05, 0) is 6.42 Å². The number of ether oxygens (including phenoxy) is 1. The van der Waals surface area contributed by atoms with Crippen molar-refractivity contribution in [1.29, 1.82) is 0 Å². The highest BCUT2D eigenvalue weighted by atomic mass is 16.5. The van der Waals surface area contributed by atoms with Crippen molar-refractivity contribution < 1.29 is 19.5 Å². The van der Waals surface area contributed by atoms with Gasteiger partial charge in [0.05, 0.1) is 25.7 Å². The van der Waals surface area contributed by atoms with Gasteiger partial charge in [0.1, 0.15) is 12.1 Å². The van der Waals surface area contributed by atoms with Crippen LogP contribution in [0.3, 0.4) is 0 Å². The molecule has 0 aliphatic carbocycles. The van der Waals surface area contributed by atoms with Crippen LogP contribution in [0.5, 0.6) is 0 Å². The zero-order valence-electron chi connectivity index (χ0n) is 15.7. The summed E-state index contributed by atoms with van der Waals surface area (Å²) in [7, 11) is 0. The van der Waals surface area contributed by atoms with Gasteiger partial charge in [-0.15, -0.1) is 0 Å². The summed E-state index contributed by atoms with van der Waals surface area (Å²) < 4.78 is 5.33. The van der Waals surface area contributed by atoms with Crippen LogP contribution in [0.15, 0.2) is 12.4 Å². The molecule has 2 amide bonds. The van der Waals surface area contributed by atoms with Crippen LogP contribution in [0, 0.1) is 5.92 Å². The van der Waals surface area contributed by atoms with E-state index < -0.39 is 11.8 Å². The minimum absolute atomic E-state index is 0.110. The molecular formula is C17H28N6O4. The predicted octanol–water partition coefficient (Wildman–Crippen LogP) is 0.564. The number of carbonyl (C=O) groups is 2. The highest BCUT2D eigenvalue weighted by Gasteiger charge is 2.26. The second-order valence-corrected chi connectivity index (χ2v) is 6.46. The zero-order chi connectivity index (χ0) is 19.6. The lowest BCUT2D eigenvalue weighted by Crippen LogP contribution is -2.45. The number of hydrogen-bond acceptors (Lipinski definition) is 8. The molecule has 1 aromatic heterocycles. The summed E-state index contributed by atoms with van der Waals surface area (Å²) in [6, 6.07) is 1.66. The van der Waals surface area contributed by atoms with Gasteiger partial charge in [-0.3, -0.25) is 14.8 Å². The van der Waals surface area contributed by atoms with E-state index in [1.807, 2.05) is 4.90 Å². The highest BCUT2D eigenvalue weighted by molar-refractivity contribution is 5.93. The van der Waals surface area contributed by atoms with Crippen molar-refractivity contribution >= 4 is 24.0 Å². The summed E-state index contributed by atoms with van der Waals surface area (Å²) >= 11 is 0. The van der Waals surface area contributed by atoms with Crippen LogP contribution in [0.4, 0.5) is 11.6 Å². The fourth-order valence-corrected chi connectivity index (χ4v) is 2.95. The van der Waals surface area contributed by atoms with E-state index in [1.165, 1.54) is 6.33 Å². The largest absolute Gasteiger partial charge is 0.378 e. The van der Waals surface area contributed by atoms with Gasteiger partial charge in [0, 0.05) is 19.2 Å². The van der Waals surface area contributed by atoms with E-state index in [-0.39, 0.29) is 18.8 Å². The lowest BCUT2D eigenvalue weighted by molar-refractivity contribution is -0.154. The van der Waals surface area contributed by atoms with Crippen molar-refractivity contribution in [3.63, 3.8) is 0 Å². The smallest absolute Gasteiger partial charge is 0.247 e. The lowest BCUT2D eigenvalue weighted by atomic mass is 10.00. The van der Waals surface area contributed by atoms with Crippen molar-refractivity contribution in [3.8, 4) is 0 Å². The Hall–Kier alpha value is -2.30. The molecule has 10 nitrogen and oxygen atoms in total. The quantitative estimate of drug-likeness (QED) is 0.151. The number of morpholine rings is 1. The second kappa shape index (κ2) is 10.8. The van der Waals surface area contributed by atoms with Crippen LogP contribution < -0.4 is 15.8 Å². The third-order valence-corrected chi connectivity index (χ3v) is 4.49. The Balaban J connectivity index is 2.10. The first kappa shape index (κ1) is 21.0. The Morgan fingerprint density at radius 2 is 2.15 bits per heavy atom. The maximum atomic E-state index is 12.8. The van der Waals surface area contributed by atoms with Crippen LogP contribution in [0.1, 0.15) is 32.6 Å². The molecule has 3 N–H and O–H groups in total. The molecule has 10 heteroatoms. The van der Waals surface area contributed by atoms with Crippen molar-refractivity contribution in [2.24, 2.45) is 11.8 Å². The van der Waals surface area contributed by atoms with Gasteiger partial charge in [-0.2, -0.15) is 0 Å². The first-order chi connectivity index (χ1) is 13.1. The SMILES string of the molecule is CCCCC[C@@H](CN(O)C=O)C(=O)N(N)c1cc(N2CCOCC2)ncn1. The van der Waals surface area contributed by atoms with E-state index in [0.717, 1.165) is 24.3 Å². The molecule has 0 spiro atoms. The Labute approximate surface area is 158 Å². The average Bonchev–Trinajstić information content (AvgIpc) is 2.72. The number of hydroxylamine groups is 2. The topological polar surface area (TPSA) is 125 Å². The molecule has 1 saturated heterocycles. The molecule has 1 atom stereocenters. The minimum atomic E-state index is -0.612. The van der Waals surface area contributed by atoms with Gasteiger partial charge >= 0.3 is 0 Å². The highest BCUT2D eigenvalue weighted by Crippen LogP contribution is 2.20. The van der Waals surface area contributed by atoms with Gasteiger partial charge in [0.25, 0.3) is 0 Å². The molecule has 0 bridgehead atoms. The van der Waals surface area contributed by atoms with Crippen molar-refractivity contribution in [2.75, 3.05) is 42.8 Å². The van der Waals surface area contributed by atoms with Crippen LogP contribution in [-0.2, 0) is 14.3 Å². The van der Waals surface area contributed by atoms with Crippen LogP contribution in [0.2, 0.25) is 0 Å². The summed E-state index contributed by atoms with van der Waals surface area (Å²) in [6.45, 7) is 4.58. The third-order valence-electron chi connectivity index (χ3n) is 4.49. The van der Waals surface area contributed by atoms with E-state index >= 15 is 0 Å². The molecule has 0 saturated carbocycles. The Bertz CT molecular complexity index is 611. The molecule has 27 heavy (non-hydrogen) atoms. The summed E-state index contributed by atoms with van der Waals surface area (Å²) in [6.07, 6.45) is 4.92. The standard InChI is InChI=1S/C17H28N6O4/c1-2-3-4-5-14(11-22(26)13-24)17(25)23(18)16-10-15(19-12-20-16)21-6-8-27-9-7-21/h10,12-14,26H,2-9,11,18H2,1H3/t14-/m0/s1. The van der Waals surface area contributed by atoms with Crippen LogP contribution >= 0.6 is 0 Å². The van der Waals surface area contributed by atoms with E-state index in [4.69, 9.17) is 10.6 Å². The van der Waals surface area contributed by atoms with Gasteiger partial charge in [-0.25, -0.2) is 25.9 Å². The Morgan fingerprint density at radius 3 is 2.81 bits per heavy atom. The molecule has 150 valence electrons. The number of amides is 2. The third kappa shape index (κ3) is 6.12. The molecule has 1 aromatic rings. The lowest BCUT2D eigenvalue weighted by Gasteiger charge is -2.29. The van der Waals surface area contributed by atoms with E-state index in [9.17, 15) is 14.8 Å². The van der Waals surface area contributed by atoms with Crippen molar-refractivity contribution in [1.82, 2.24) is 15.0 Å². The zero-order valence-corrected chi connectivity index (χ0v) is 15.7. The maximum Gasteiger partial charge on any atom is 0.247 e. The number of unbranched alkanes of at least 4 members (excludes halogenated alkanes) is 2. The number of anilines is 2. The van der Waals surface area contributed by atoms with Gasteiger partial charge in [0.15, 0.2) is 5.82 Å². The first-order valence-corrected chi connectivity index (χ1v) is 9.21. The Morgan fingerprint density at radius 1 is 1.41 bits per heavy atom. The predicted molar refractivity (Wildman–Crippen MR) is 98.9 cm³/mol. The molecule has 1 aliphatic rings. The molecule has 2 rings (SSSR count). The molecular weight excluding hydrogens is 352 g/mol. The Kier molecular flexibility index (Phi) is 8.37. The maximum absolute atomic E-state index is 12.8. The summed E-state index contributed by atoms with van der Waals surface area (Å²) in [5, 5.41) is 11.0.